The van der Waals surface area contributed by atoms with Gasteiger partial charge in [0.25, 0.3) is 0 Å². The Morgan fingerprint density at radius 1 is 1.43 bits per heavy atom. The molecule has 1 unspecified atom stereocenters. The number of carboxylic acids is 1. The van der Waals surface area contributed by atoms with Crippen LogP contribution in [0.1, 0.15) is 34.1 Å². The van der Waals surface area contributed by atoms with Crippen LogP contribution in [0.3, 0.4) is 0 Å². The summed E-state index contributed by atoms with van der Waals surface area (Å²) in [5.41, 5.74) is -1.10. The van der Waals surface area contributed by atoms with Crippen LogP contribution in [0.15, 0.2) is 6.33 Å². The van der Waals surface area contributed by atoms with E-state index >= 15 is 0 Å². The van der Waals surface area contributed by atoms with E-state index in [2.05, 4.69) is 15.4 Å². The number of anilines is 1. The quantitative estimate of drug-likeness (QED) is 0.858. The fourth-order valence-electron chi connectivity index (χ4n) is 2.13. The van der Waals surface area contributed by atoms with Gasteiger partial charge >= 0.3 is 12.0 Å². The maximum atomic E-state index is 12.1. The van der Waals surface area contributed by atoms with Crippen molar-refractivity contribution < 1.29 is 14.7 Å². The number of hydrogen-bond acceptors (Lipinski definition) is 4. The summed E-state index contributed by atoms with van der Waals surface area (Å²) in [6.07, 6.45) is 2.00. The van der Waals surface area contributed by atoms with Gasteiger partial charge in [0, 0.05) is 13.1 Å². The molecule has 1 aliphatic heterocycles. The third-order valence-corrected chi connectivity index (χ3v) is 3.67. The Morgan fingerprint density at radius 3 is 2.57 bits per heavy atom. The molecule has 1 atom stereocenters. The second kappa shape index (κ2) is 5.01. The highest BCUT2D eigenvalue weighted by Gasteiger charge is 2.42. The van der Waals surface area contributed by atoms with Crippen molar-refractivity contribution in [1.29, 1.82) is 0 Å². The van der Waals surface area contributed by atoms with E-state index in [1.165, 1.54) is 4.90 Å². The first kappa shape index (κ1) is 15.3. The van der Waals surface area contributed by atoms with Crippen molar-refractivity contribution in [3.05, 3.63) is 6.33 Å². The average Bonchev–Trinajstić information content (AvgIpc) is 2.96. The second-order valence-corrected chi connectivity index (χ2v) is 6.65. The summed E-state index contributed by atoms with van der Waals surface area (Å²) < 4.78 is 1.66. The lowest BCUT2D eigenvalue weighted by molar-refractivity contribution is -0.146. The van der Waals surface area contributed by atoms with Crippen LogP contribution < -0.4 is 5.32 Å². The van der Waals surface area contributed by atoms with Gasteiger partial charge in [-0.2, -0.15) is 0 Å². The topological polar surface area (TPSA) is 100 Å². The predicted octanol–water partition coefficient (Wildman–Crippen LogP) is 1.36. The highest BCUT2D eigenvalue weighted by molar-refractivity contribution is 5.88. The van der Waals surface area contributed by atoms with E-state index in [9.17, 15) is 9.59 Å². The molecule has 0 spiro atoms. The fraction of sp³-hybridized carbons (Fsp3) is 0.692. The number of carbonyl (C=O) groups excluding carboxylic acids is 1. The van der Waals surface area contributed by atoms with E-state index in [0.717, 1.165) is 0 Å². The van der Waals surface area contributed by atoms with Gasteiger partial charge in [-0.05, 0) is 34.1 Å². The van der Waals surface area contributed by atoms with Crippen LogP contribution in [0, 0.1) is 5.41 Å². The predicted molar refractivity (Wildman–Crippen MR) is 76.0 cm³/mol. The Balaban J connectivity index is 2.00. The molecule has 2 N–H and O–H groups in total. The van der Waals surface area contributed by atoms with E-state index in [1.807, 2.05) is 20.8 Å². The molecule has 2 rings (SSSR count). The smallest absolute Gasteiger partial charge is 0.324 e. The molecule has 1 aromatic rings. The Bertz CT molecular complexity index is 562. The van der Waals surface area contributed by atoms with Crippen molar-refractivity contribution in [3.63, 3.8) is 0 Å². The zero-order valence-electron chi connectivity index (χ0n) is 12.8. The molecule has 2 amide bonds. The zero-order chi connectivity index (χ0) is 15.8. The molecule has 1 saturated heterocycles. The first-order valence-corrected chi connectivity index (χ1v) is 6.83. The summed E-state index contributed by atoms with van der Waals surface area (Å²) in [6, 6.07) is -0.369. The second-order valence-electron chi connectivity index (χ2n) is 6.65. The van der Waals surface area contributed by atoms with E-state index in [1.54, 1.807) is 17.9 Å². The summed E-state index contributed by atoms with van der Waals surface area (Å²) in [6.45, 7) is 8.18. The molecule has 0 bridgehead atoms. The monoisotopic (exact) mass is 295 g/mol. The number of amides is 2. The minimum absolute atomic E-state index is 0.189. The molecule has 1 fully saturated rings. The molecular weight excluding hydrogens is 274 g/mol. The lowest BCUT2D eigenvalue weighted by atomic mass is 9.90. The first-order valence-electron chi connectivity index (χ1n) is 6.83. The minimum Gasteiger partial charge on any atom is -0.481 e. The molecule has 1 aliphatic rings. The van der Waals surface area contributed by atoms with E-state index in [-0.39, 0.29) is 24.1 Å². The lowest BCUT2D eigenvalue weighted by Crippen LogP contribution is -2.37. The standard InChI is InChI=1S/C13H21N5O3/c1-12(2,3)18-8-14-10(16-18)15-11(21)17-6-5-13(4,7-17)9(19)20/h8H,5-7H2,1-4H3,(H,19,20)(H,15,16,21). The maximum Gasteiger partial charge on any atom is 0.324 e. The normalized spacial score (nSPS) is 22.4. The van der Waals surface area contributed by atoms with Gasteiger partial charge in [0.15, 0.2) is 0 Å². The molecular formula is C13H21N5O3. The molecule has 116 valence electrons. The number of rotatable bonds is 2. The third kappa shape index (κ3) is 3.14. The largest absolute Gasteiger partial charge is 0.481 e. The van der Waals surface area contributed by atoms with Gasteiger partial charge in [-0.15, -0.1) is 5.10 Å². The van der Waals surface area contributed by atoms with E-state index in [0.29, 0.717) is 13.0 Å². The number of aliphatic carboxylic acids is 1. The Labute approximate surface area is 123 Å². The zero-order valence-corrected chi connectivity index (χ0v) is 12.8. The molecule has 0 aromatic carbocycles. The van der Waals surface area contributed by atoms with E-state index < -0.39 is 11.4 Å². The van der Waals surface area contributed by atoms with Crippen molar-refractivity contribution in [2.75, 3.05) is 18.4 Å². The highest BCUT2D eigenvalue weighted by Crippen LogP contribution is 2.30. The summed E-state index contributed by atoms with van der Waals surface area (Å²) in [4.78, 5) is 28.8. The fourth-order valence-corrected chi connectivity index (χ4v) is 2.13. The lowest BCUT2D eigenvalue weighted by Gasteiger charge is -2.20. The van der Waals surface area contributed by atoms with Crippen LogP contribution in [0.25, 0.3) is 0 Å². The van der Waals surface area contributed by atoms with Crippen LogP contribution in [-0.2, 0) is 10.3 Å². The highest BCUT2D eigenvalue weighted by atomic mass is 16.4. The van der Waals surface area contributed by atoms with Gasteiger partial charge in [-0.3, -0.25) is 10.1 Å². The number of urea groups is 1. The van der Waals surface area contributed by atoms with Crippen LogP contribution in [-0.4, -0.2) is 49.9 Å². The van der Waals surface area contributed by atoms with Crippen LogP contribution in [0.4, 0.5) is 10.7 Å². The number of nitrogens with one attached hydrogen (secondary N) is 1. The number of aromatic nitrogens is 3. The van der Waals surface area contributed by atoms with Crippen LogP contribution in [0.5, 0.6) is 0 Å². The maximum absolute atomic E-state index is 12.1. The summed E-state index contributed by atoms with van der Waals surface area (Å²) >= 11 is 0. The van der Waals surface area contributed by atoms with Gasteiger partial charge in [0.2, 0.25) is 5.95 Å². The van der Waals surface area contributed by atoms with E-state index in [4.69, 9.17) is 5.11 Å². The van der Waals surface area contributed by atoms with Crippen molar-refractivity contribution in [2.45, 2.75) is 39.7 Å². The minimum atomic E-state index is -0.882. The number of carboxylic acid groups (broad SMARTS) is 1. The van der Waals surface area contributed by atoms with Gasteiger partial charge in [-0.25, -0.2) is 14.5 Å². The SMILES string of the molecule is CC1(C(=O)O)CCN(C(=O)Nc2ncn(C(C)(C)C)n2)C1. The van der Waals surface area contributed by atoms with Gasteiger partial charge in [0.05, 0.1) is 11.0 Å². The number of likely N-dealkylation sites (tertiary alicyclic amines) is 1. The molecule has 0 radical (unpaired) electrons. The van der Waals surface area contributed by atoms with Gasteiger partial charge in [0.1, 0.15) is 6.33 Å². The van der Waals surface area contributed by atoms with Crippen LogP contribution in [0.2, 0.25) is 0 Å². The number of nitrogens with zero attached hydrogens (tertiary/aromatic N) is 4. The van der Waals surface area contributed by atoms with Gasteiger partial charge in [-0.1, -0.05) is 0 Å². The molecule has 2 heterocycles. The van der Waals surface area contributed by atoms with Crippen molar-refractivity contribution in [2.24, 2.45) is 5.41 Å². The molecule has 1 aromatic heterocycles. The van der Waals surface area contributed by atoms with Crippen LogP contribution >= 0.6 is 0 Å². The molecule has 8 heteroatoms. The average molecular weight is 295 g/mol. The molecule has 0 saturated carbocycles. The number of hydrogen-bond donors (Lipinski definition) is 2. The molecule has 0 aliphatic carbocycles. The Kier molecular flexibility index (Phi) is 3.65. The Morgan fingerprint density at radius 2 is 2.10 bits per heavy atom. The summed E-state index contributed by atoms with van der Waals surface area (Å²) in [5, 5.41) is 16.0. The molecule has 21 heavy (non-hydrogen) atoms. The third-order valence-electron chi connectivity index (χ3n) is 3.67. The Hall–Kier alpha value is -2.12. The summed E-state index contributed by atoms with van der Waals surface area (Å²) in [5.74, 6) is -0.660. The number of carbonyl (C=O) groups is 2. The molecule has 8 nitrogen and oxygen atoms in total. The first-order chi connectivity index (χ1) is 9.62. The van der Waals surface area contributed by atoms with Crippen molar-refractivity contribution in [1.82, 2.24) is 19.7 Å². The summed E-state index contributed by atoms with van der Waals surface area (Å²) in [7, 11) is 0. The van der Waals surface area contributed by atoms with Gasteiger partial charge < -0.3 is 10.0 Å². The van der Waals surface area contributed by atoms with Crippen molar-refractivity contribution >= 4 is 17.9 Å². The van der Waals surface area contributed by atoms with Crippen molar-refractivity contribution in [3.8, 4) is 0 Å².